The van der Waals surface area contributed by atoms with E-state index in [-0.39, 0.29) is 5.41 Å². The lowest BCUT2D eigenvalue weighted by Crippen LogP contribution is -2.04. The number of fused-ring (bicyclic) bond motifs is 1. The molecule has 0 aromatic heterocycles. The Balaban J connectivity index is 1.62. The fourth-order valence-corrected chi connectivity index (χ4v) is 5.97. The maximum Gasteiger partial charge on any atom is 0.0143 e. The van der Waals surface area contributed by atoms with E-state index in [0.717, 1.165) is 25.7 Å². The summed E-state index contributed by atoms with van der Waals surface area (Å²) in [6.45, 7) is 15.5. The largest absolute Gasteiger partial charge is 0.0952 e. The fourth-order valence-electron chi connectivity index (χ4n) is 5.97. The molecule has 0 amide bonds. The number of rotatable bonds is 11. The molecule has 2 unspecified atom stereocenters. The van der Waals surface area contributed by atoms with E-state index in [9.17, 15) is 0 Å². The van der Waals surface area contributed by atoms with E-state index in [1.165, 1.54) is 76.7 Å². The van der Waals surface area contributed by atoms with Crippen LogP contribution in [-0.2, 0) is 0 Å². The minimum absolute atomic E-state index is 0.193. The van der Waals surface area contributed by atoms with Gasteiger partial charge >= 0.3 is 0 Å². The van der Waals surface area contributed by atoms with Crippen molar-refractivity contribution in [2.45, 2.75) is 78.6 Å². The highest BCUT2D eigenvalue weighted by atomic mass is 14.6. The molecule has 0 spiro atoms. The third-order valence-corrected chi connectivity index (χ3v) is 8.38. The Hall–Kier alpha value is -3.12. The first-order chi connectivity index (χ1) is 18.5. The summed E-state index contributed by atoms with van der Waals surface area (Å²) >= 11 is 0. The number of benzene rings is 1. The van der Waals surface area contributed by atoms with Gasteiger partial charge in [-0.05, 0) is 108 Å². The molecular formula is C38H46. The van der Waals surface area contributed by atoms with Gasteiger partial charge in [-0.3, -0.25) is 0 Å². The Morgan fingerprint density at radius 3 is 2.63 bits per heavy atom. The standard InChI is InChI=1S/C38H46/c1-6-9-17-29(4)36-27-31(18-15-16-25-38-26-24-30(5)33(8-3)37(38)28-38)22-23-35(36)34(21-10-7-2)32-19-13-11-12-14-20-32/h8,11-13,15-16,18-19,22-27,37H,4-7,9-10,14,17,20-21,28H2,1-3H3/b18-15+,25-16+,33-8+,34-32-. The van der Waals surface area contributed by atoms with Gasteiger partial charge in [0.2, 0.25) is 0 Å². The molecule has 4 rings (SSSR count). The van der Waals surface area contributed by atoms with Gasteiger partial charge in [0.25, 0.3) is 0 Å². The van der Waals surface area contributed by atoms with Crippen molar-refractivity contribution in [3.05, 3.63) is 126 Å². The average molecular weight is 503 g/mol. The van der Waals surface area contributed by atoms with Gasteiger partial charge in [-0.1, -0.05) is 119 Å². The third kappa shape index (κ3) is 6.47. The van der Waals surface area contributed by atoms with E-state index in [1.54, 1.807) is 0 Å². The van der Waals surface area contributed by atoms with Crippen molar-refractivity contribution in [3.63, 3.8) is 0 Å². The molecule has 1 aromatic rings. The van der Waals surface area contributed by atoms with Crippen molar-refractivity contribution in [2.75, 3.05) is 0 Å². The Kier molecular flexibility index (Phi) is 9.62. The van der Waals surface area contributed by atoms with Crippen LogP contribution in [0.5, 0.6) is 0 Å². The second-order valence-corrected chi connectivity index (χ2v) is 11.1. The van der Waals surface area contributed by atoms with Crippen LogP contribution in [0.2, 0.25) is 0 Å². The summed E-state index contributed by atoms with van der Waals surface area (Å²) in [5.41, 5.74) is 11.0. The van der Waals surface area contributed by atoms with Crippen molar-refractivity contribution in [3.8, 4) is 0 Å². The van der Waals surface area contributed by atoms with Gasteiger partial charge in [-0.2, -0.15) is 0 Å². The molecule has 38 heavy (non-hydrogen) atoms. The van der Waals surface area contributed by atoms with Gasteiger partial charge in [-0.15, -0.1) is 0 Å². The molecule has 198 valence electrons. The molecule has 1 aromatic carbocycles. The Morgan fingerprint density at radius 2 is 1.84 bits per heavy atom. The van der Waals surface area contributed by atoms with Gasteiger partial charge < -0.3 is 0 Å². The van der Waals surface area contributed by atoms with Crippen LogP contribution in [-0.4, -0.2) is 0 Å². The zero-order valence-electron chi connectivity index (χ0n) is 23.9. The maximum atomic E-state index is 4.57. The Labute approximate surface area is 232 Å². The van der Waals surface area contributed by atoms with Gasteiger partial charge in [0.05, 0.1) is 0 Å². The minimum Gasteiger partial charge on any atom is -0.0952 e. The number of unbranched alkanes of at least 4 members (excludes halogenated alkanes) is 2. The fraction of sp³-hybridized carbons (Fsp3) is 0.368. The first-order valence-electron chi connectivity index (χ1n) is 14.8. The first-order valence-corrected chi connectivity index (χ1v) is 14.8. The van der Waals surface area contributed by atoms with Crippen LogP contribution in [0.25, 0.3) is 17.2 Å². The van der Waals surface area contributed by atoms with E-state index in [1.807, 2.05) is 0 Å². The normalized spacial score (nSPS) is 24.9. The van der Waals surface area contributed by atoms with Crippen LogP contribution in [0.1, 0.15) is 95.2 Å². The predicted octanol–water partition coefficient (Wildman–Crippen LogP) is 11.4. The second-order valence-electron chi connectivity index (χ2n) is 11.1. The molecule has 3 aliphatic carbocycles. The molecule has 0 nitrogen and oxygen atoms in total. The highest BCUT2D eigenvalue weighted by Gasteiger charge is 2.53. The summed E-state index contributed by atoms with van der Waals surface area (Å²) in [5, 5.41) is 0. The molecule has 0 N–H and O–H groups in total. The van der Waals surface area contributed by atoms with Crippen molar-refractivity contribution in [1.82, 2.24) is 0 Å². The van der Waals surface area contributed by atoms with Crippen LogP contribution in [0.3, 0.4) is 0 Å². The predicted molar refractivity (Wildman–Crippen MR) is 170 cm³/mol. The Bertz CT molecular complexity index is 1250. The number of hydrogen-bond donors (Lipinski definition) is 0. The molecular weight excluding hydrogens is 456 g/mol. The molecule has 0 bridgehead atoms. The van der Waals surface area contributed by atoms with Crippen molar-refractivity contribution in [1.29, 1.82) is 0 Å². The highest BCUT2D eigenvalue weighted by Crippen LogP contribution is 2.62. The van der Waals surface area contributed by atoms with E-state index in [2.05, 4.69) is 119 Å². The zero-order valence-corrected chi connectivity index (χ0v) is 23.9. The summed E-state index contributed by atoms with van der Waals surface area (Å²) in [6.07, 6.45) is 35.3. The van der Waals surface area contributed by atoms with E-state index in [0.29, 0.717) is 5.92 Å². The quantitative estimate of drug-likeness (QED) is 0.264. The minimum atomic E-state index is 0.193. The molecule has 0 radical (unpaired) electrons. The molecule has 0 heterocycles. The third-order valence-electron chi connectivity index (χ3n) is 8.38. The van der Waals surface area contributed by atoms with E-state index in [4.69, 9.17) is 0 Å². The second kappa shape index (κ2) is 13.1. The average Bonchev–Trinajstić information content (AvgIpc) is 3.71. The zero-order chi connectivity index (χ0) is 27.0. The number of allylic oxidation sites excluding steroid dienone is 15. The SMILES string of the molecule is C=C1C=CC2(/C=C/C=C/c3ccc(/C(CCCC)=C4/C=CC=CCC4)c(C(=C)CCCC)c3)CC2/C1=C/C. The highest BCUT2D eigenvalue weighted by molar-refractivity contribution is 5.83. The van der Waals surface area contributed by atoms with Gasteiger partial charge in [-0.25, -0.2) is 0 Å². The molecule has 0 aliphatic heterocycles. The van der Waals surface area contributed by atoms with Crippen LogP contribution >= 0.6 is 0 Å². The summed E-state index contributed by atoms with van der Waals surface area (Å²) in [5.74, 6) is 0.602. The molecule has 3 aliphatic rings. The van der Waals surface area contributed by atoms with Gasteiger partial charge in [0.15, 0.2) is 0 Å². The number of hydrogen-bond acceptors (Lipinski definition) is 0. The van der Waals surface area contributed by atoms with Crippen molar-refractivity contribution >= 4 is 17.2 Å². The lowest BCUT2D eigenvalue weighted by atomic mass is 9.85. The molecule has 0 heteroatoms. The molecule has 0 saturated heterocycles. The lowest BCUT2D eigenvalue weighted by molar-refractivity contribution is 0.754. The molecule has 2 atom stereocenters. The summed E-state index contributed by atoms with van der Waals surface area (Å²) in [6, 6.07) is 7.04. The summed E-state index contributed by atoms with van der Waals surface area (Å²) in [7, 11) is 0. The topological polar surface area (TPSA) is 0 Å². The van der Waals surface area contributed by atoms with E-state index < -0.39 is 0 Å². The maximum absolute atomic E-state index is 4.57. The smallest absolute Gasteiger partial charge is 0.0143 e. The van der Waals surface area contributed by atoms with Crippen molar-refractivity contribution < 1.29 is 0 Å². The van der Waals surface area contributed by atoms with Crippen LogP contribution in [0, 0.1) is 11.3 Å². The van der Waals surface area contributed by atoms with Crippen LogP contribution < -0.4 is 0 Å². The first kappa shape index (κ1) is 27.9. The summed E-state index contributed by atoms with van der Waals surface area (Å²) < 4.78 is 0. The molecule has 1 fully saturated rings. The summed E-state index contributed by atoms with van der Waals surface area (Å²) in [4.78, 5) is 0. The lowest BCUT2D eigenvalue weighted by Gasteiger charge is -2.19. The van der Waals surface area contributed by atoms with Gasteiger partial charge in [0, 0.05) is 5.41 Å². The Morgan fingerprint density at radius 1 is 1.03 bits per heavy atom. The van der Waals surface area contributed by atoms with E-state index >= 15 is 0 Å². The monoisotopic (exact) mass is 502 g/mol. The van der Waals surface area contributed by atoms with Crippen LogP contribution in [0.4, 0.5) is 0 Å². The molecule has 1 saturated carbocycles. The van der Waals surface area contributed by atoms with Crippen LogP contribution in [0.15, 0.2) is 109 Å². The van der Waals surface area contributed by atoms with Crippen molar-refractivity contribution in [2.24, 2.45) is 11.3 Å². The van der Waals surface area contributed by atoms with Gasteiger partial charge in [0.1, 0.15) is 0 Å².